The number of carbonyl (C=O) groups excluding carboxylic acids is 1. The van der Waals surface area contributed by atoms with Crippen LogP contribution in [0.5, 0.6) is 0 Å². The molecule has 0 saturated carbocycles. The summed E-state index contributed by atoms with van der Waals surface area (Å²) in [5.41, 5.74) is 1.67. The number of nitrogens with zero attached hydrogens (tertiary/aromatic N) is 2. The van der Waals surface area contributed by atoms with Gasteiger partial charge in [-0.1, -0.05) is 11.6 Å². The van der Waals surface area contributed by atoms with E-state index in [4.69, 9.17) is 11.6 Å². The predicted octanol–water partition coefficient (Wildman–Crippen LogP) is 4.63. The van der Waals surface area contributed by atoms with E-state index >= 15 is 0 Å². The van der Waals surface area contributed by atoms with Crippen molar-refractivity contribution in [3.8, 4) is 0 Å². The van der Waals surface area contributed by atoms with Crippen LogP contribution in [0.3, 0.4) is 0 Å². The molecule has 0 spiro atoms. The van der Waals surface area contributed by atoms with Crippen molar-refractivity contribution < 1.29 is 18.0 Å². The van der Waals surface area contributed by atoms with Gasteiger partial charge in [-0.15, -0.1) is 0 Å². The van der Waals surface area contributed by atoms with Crippen molar-refractivity contribution in [3.05, 3.63) is 64.2 Å². The van der Waals surface area contributed by atoms with E-state index in [1.54, 1.807) is 4.90 Å². The predicted molar refractivity (Wildman–Crippen MR) is 95.7 cm³/mol. The number of anilines is 1. The van der Waals surface area contributed by atoms with Gasteiger partial charge in [0.15, 0.2) is 0 Å². The van der Waals surface area contributed by atoms with Crippen LogP contribution in [0.25, 0.3) is 0 Å². The minimum Gasteiger partial charge on any atom is -0.368 e. The van der Waals surface area contributed by atoms with E-state index in [-0.39, 0.29) is 11.5 Å². The number of rotatable bonds is 2. The molecule has 0 radical (unpaired) electrons. The van der Waals surface area contributed by atoms with Gasteiger partial charge in [0.1, 0.15) is 0 Å². The van der Waals surface area contributed by atoms with Crippen LogP contribution in [-0.2, 0) is 6.18 Å². The van der Waals surface area contributed by atoms with E-state index in [0.29, 0.717) is 31.2 Å². The van der Waals surface area contributed by atoms with Gasteiger partial charge < -0.3 is 9.80 Å². The zero-order chi connectivity index (χ0) is 18.9. The molecule has 0 aliphatic carbocycles. The molecule has 0 bridgehead atoms. The molecule has 26 heavy (non-hydrogen) atoms. The van der Waals surface area contributed by atoms with Crippen LogP contribution >= 0.6 is 11.6 Å². The number of hydrogen-bond acceptors (Lipinski definition) is 2. The zero-order valence-electron chi connectivity index (χ0n) is 14.2. The molecule has 1 amide bonds. The van der Waals surface area contributed by atoms with Crippen molar-refractivity contribution in [3.63, 3.8) is 0 Å². The van der Waals surface area contributed by atoms with Gasteiger partial charge in [0.05, 0.1) is 5.56 Å². The first kappa shape index (κ1) is 18.6. The van der Waals surface area contributed by atoms with Crippen LogP contribution in [0.15, 0.2) is 42.5 Å². The highest BCUT2D eigenvalue weighted by Gasteiger charge is 2.30. The van der Waals surface area contributed by atoms with Gasteiger partial charge in [-0.3, -0.25) is 4.79 Å². The topological polar surface area (TPSA) is 23.6 Å². The largest absolute Gasteiger partial charge is 0.416 e. The molecular weight excluding hydrogens is 365 g/mol. The summed E-state index contributed by atoms with van der Waals surface area (Å²) in [7, 11) is 0. The maximum atomic E-state index is 12.6. The van der Waals surface area contributed by atoms with Crippen LogP contribution in [0, 0.1) is 6.92 Å². The third kappa shape index (κ3) is 3.96. The van der Waals surface area contributed by atoms with Crippen LogP contribution in [0.2, 0.25) is 5.02 Å². The second-order valence-corrected chi connectivity index (χ2v) is 6.72. The SMILES string of the molecule is Cc1cc(Cl)ccc1N1CCN(C(=O)c2ccc(C(F)(F)F)cc2)CC1. The summed E-state index contributed by atoms with van der Waals surface area (Å²) in [6.45, 7) is 4.34. The first-order valence-electron chi connectivity index (χ1n) is 8.23. The molecule has 1 fully saturated rings. The zero-order valence-corrected chi connectivity index (χ0v) is 14.9. The van der Waals surface area contributed by atoms with E-state index in [0.717, 1.165) is 23.4 Å². The molecule has 3 rings (SSSR count). The standard InChI is InChI=1S/C19H18ClF3N2O/c1-13-12-16(20)6-7-17(13)24-8-10-25(11-9-24)18(26)14-2-4-15(5-3-14)19(21,22)23/h2-7,12H,8-11H2,1H3. The lowest BCUT2D eigenvalue weighted by molar-refractivity contribution is -0.137. The fourth-order valence-corrected chi connectivity index (χ4v) is 3.34. The Kier molecular flexibility index (Phi) is 5.14. The summed E-state index contributed by atoms with van der Waals surface area (Å²) in [6, 6.07) is 10.1. The molecule has 0 unspecified atom stereocenters. The Balaban J connectivity index is 1.65. The number of carbonyl (C=O) groups is 1. The van der Waals surface area contributed by atoms with E-state index in [2.05, 4.69) is 4.90 Å². The molecule has 0 aromatic heterocycles. The maximum Gasteiger partial charge on any atom is 0.416 e. The highest BCUT2D eigenvalue weighted by molar-refractivity contribution is 6.30. The van der Waals surface area contributed by atoms with E-state index < -0.39 is 11.7 Å². The summed E-state index contributed by atoms with van der Waals surface area (Å²) in [5, 5.41) is 0.683. The number of benzene rings is 2. The summed E-state index contributed by atoms with van der Waals surface area (Å²) in [4.78, 5) is 16.4. The Morgan fingerprint density at radius 1 is 1.00 bits per heavy atom. The summed E-state index contributed by atoms with van der Waals surface area (Å²) < 4.78 is 37.9. The first-order valence-corrected chi connectivity index (χ1v) is 8.61. The minimum absolute atomic E-state index is 0.244. The van der Waals surface area contributed by atoms with Gasteiger partial charge in [0, 0.05) is 42.5 Å². The molecule has 3 nitrogen and oxygen atoms in total. The quantitative estimate of drug-likeness (QED) is 0.756. The van der Waals surface area contributed by atoms with E-state index in [1.165, 1.54) is 12.1 Å². The number of piperazine rings is 1. The molecule has 1 heterocycles. The van der Waals surface area contributed by atoms with Crippen LogP contribution in [0.1, 0.15) is 21.5 Å². The average molecular weight is 383 g/mol. The van der Waals surface area contributed by atoms with Crippen LogP contribution in [0.4, 0.5) is 18.9 Å². The lowest BCUT2D eigenvalue weighted by atomic mass is 10.1. The normalized spacial score (nSPS) is 15.3. The van der Waals surface area contributed by atoms with Gasteiger partial charge >= 0.3 is 6.18 Å². The molecule has 1 saturated heterocycles. The monoisotopic (exact) mass is 382 g/mol. The molecule has 0 N–H and O–H groups in total. The molecule has 1 aliphatic heterocycles. The van der Waals surface area contributed by atoms with Crippen molar-refractivity contribution in [1.29, 1.82) is 0 Å². The summed E-state index contributed by atoms with van der Waals surface area (Å²) in [5.74, 6) is -0.244. The smallest absolute Gasteiger partial charge is 0.368 e. The average Bonchev–Trinajstić information content (AvgIpc) is 2.61. The Hall–Kier alpha value is -2.21. The van der Waals surface area contributed by atoms with Crippen molar-refractivity contribution in [2.24, 2.45) is 0 Å². The van der Waals surface area contributed by atoms with Gasteiger partial charge in [-0.05, 0) is 55.0 Å². The van der Waals surface area contributed by atoms with E-state index in [1.807, 2.05) is 25.1 Å². The van der Waals surface area contributed by atoms with Crippen molar-refractivity contribution in [2.45, 2.75) is 13.1 Å². The maximum absolute atomic E-state index is 12.6. The molecule has 0 atom stereocenters. The number of hydrogen-bond donors (Lipinski definition) is 0. The fraction of sp³-hybridized carbons (Fsp3) is 0.316. The number of amides is 1. The van der Waals surface area contributed by atoms with Crippen LogP contribution < -0.4 is 4.90 Å². The van der Waals surface area contributed by atoms with Gasteiger partial charge in [-0.2, -0.15) is 13.2 Å². The number of halogens is 4. The van der Waals surface area contributed by atoms with Crippen LogP contribution in [-0.4, -0.2) is 37.0 Å². The van der Waals surface area contributed by atoms with Gasteiger partial charge in [0.25, 0.3) is 5.91 Å². The fourth-order valence-electron chi connectivity index (χ4n) is 3.11. The third-order valence-corrected chi connectivity index (χ3v) is 4.76. The summed E-state index contributed by atoms with van der Waals surface area (Å²) >= 11 is 5.99. The second kappa shape index (κ2) is 7.19. The molecule has 2 aromatic carbocycles. The van der Waals surface area contributed by atoms with Crippen molar-refractivity contribution >= 4 is 23.2 Å². The second-order valence-electron chi connectivity index (χ2n) is 6.29. The Bertz CT molecular complexity index is 797. The van der Waals surface area contributed by atoms with Crippen molar-refractivity contribution in [1.82, 2.24) is 4.90 Å². The summed E-state index contributed by atoms with van der Waals surface area (Å²) in [6.07, 6.45) is -4.40. The van der Waals surface area contributed by atoms with Gasteiger partial charge in [0.2, 0.25) is 0 Å². The Morgan fingerprint density at radius 3 is 2.15 bits per heavy atom. The molecule has 7 heteroatoms. The minimum atomic E-state index is -4.40. The molecule has 138 valence electrons. The van der Waals surface area contributed by atoms with Gasteiger partial charge in [-0.25, -0.2) is 0 Å². The van der Waals surface area contributed by atoms with Crippen molar-refractivity contribution in [2.75, 3.05) is 31.1 Å². The lowest BCUT2D eigenvalue weighted by Crippen LogP contribution is -2.49. The molecule has 2 aromatic rings. The molecular formula is C19H18ClF3N2O. The Morgan fingerprint density at radius 2 is 1.62 bits per heavy atom. The highest BCUT2D eigenvalue weighted by Crippen LogP contribution is 2.29. The third-order valence-electron chi connectivity index (χ3n) is 4.53. The van der Waals surface area contributed by atoms with E-state index in [9.17, 15) is 18.0 Å². The first-order chi connectivity index (χ1) is 12.3. The Labute approximate surface area is 155 Å². The number of aryl methyl sites for hydroxylation is 1. The lowest BCUT2D eigenvalue weighted by Gasteiger charge is -2.37. The highest BCUT2D eigenvalue weighted by atomic mass is 35.5. The molecule has 1 aliphatic rings. The number of alkyl halides is 3.